The van der Waals surface area contributed by atoms with E-state index in [1.807, 2.05) is 24.4 Å². The van der Waals surface area contributed by atoms with Crippen LogP contribution in [0.5, 0.6) is 5.75 Å². The van der Waals surface area contributed by atoms with Gasteiger partial charge in [-0.25, -0.2) is 0 Å². The number of nitrogens with zero attached hydrogens (tertiary/aromatic N) is 1. The molecule has 0 heterocycles. The molecule has 0 aliphatic carbocycles. The van der Waals surface area contributed by atoms with Crippen molar-refractivity contribution < 1.29 is 4.74 Å². The van der Waals surface area contributed by atoms with E-state index in [0.29, 0.717) is 15.2 Å². The van der Waals surface area contributed by atoms with Crippen LogP contribution in [0.1, 0.15) is 37.5 Å². The molecule has 28 heavy (non-hydrogen) atoms. The van der Waals surface area contributed by atoms with Gasteiger partial charge in [0.15, 0.2) is 0 Å². The third-order valence-electron chi connectivity index (χ3n) is 4.26. The number of hydrogen-bond acceptors (Lipinski definition) is 2. The zero-order valence-electron chi connectivity index (χ0n) is 17.1. The Balaban J connectivity index is 1.85. The molecule has 3 rings (SSSR count). The van der Waals surface area contributed by atoms with Crippen LogP contribution in [-0.4, -0.2) is 11.8 Å². The molecule has 0 N–H and O–H groups in total. The zero-order valence-corrected chi connectivity index (χ0v) is 18.1. The van der Waals surface area contributed by atoms with Gasteiger partial charge in [-0.15, -0.1) is 0 Å². The smallest absolute Gasteiger partial charge is 0.130 e. The lowest BCUT2D eigenvalue weighted by Crippen LogP contribution is -2.14. The van der Waals surface area contributed by atoms with Crippen molar-refractivity contribution in [1.29, 1.82) is 0 Å². The minimum absolute atomic E-state index is 0.0798. The molecule has 3 heteroatoms. The Bertz CT molecular complexity index is 942. The fourth-order valence-electron chi connectivity index (χ4n) is 2.80. The Labute approximate surface area is 170 Å². The van der Waals surface area contributed by atoms with Gasteiger partial charge in [-0.05, 0) is 44.1 Å². The van der Waals surface area contributed by atoms with Crippen LogP contribution in [0.15, 0.2) is 77.8 Å². The molecule has 0 aliphatic rings. The molecule has 0 aliphatic heterocycles. The Morgan fingerprint density at radius 3 is 2.29 bits per heavy atom. The molecule has 0 saturated heterocycles. The maximum absolute atomic E-state index is 6.25. The van der Waals surface area contributed by atoms with Crippen molar-refractivity contribution in [3.8, 4) is 5.75 Å². The van der Waals surface area contributed by atoms with Gasteiger partial charge in [-0.2, -0.15) is 0 Å². The molecule has 3 aromatic rings. The maximum atomic E-state index is 6.25. The Kier molecular flexibility index (Phi) is 6.65. The van der Waals surface area contributed by atoms with E-state index in [4.69, 9.17) is 9.73 Å². The van der Waals surface area contributed by atoms with Crippen LogP contribution in [0.4, 0.5) is 0 Å². The molecule has 2 nitrogen and oxygen atoms in total. The van der Waals surface area contributed by atoms with Crippen LogP contribution in [0.2, 0.25) is 0 Å². The minimum atomic E-state index is -0.0798. The first-order chi connectivity index (χ1) is 13.4. The fraction of sp³-hybridized carbons (Fsp3) is 0.240. The SMILES string of the molecule is Cc1cccc(Pc2ccccc2C=NC(C)(C)C)c1OCc1ccccc1. The van der Waals surface area contributed by atoms with Gasteiger partial charge >= 0.3 is 0 Å². The van der Waals surface area contributed by atoms with Crippen LogP contribution < -0.4 is 15.3 Å². The van der Waals surface area contributed by atoms with Gasteiger partial charge in [0, 0.05) is 17.1 Å². The van der Waals surface area contributed by atoms with Gasteiger partial charge in [0.05, 0.1) is 5.54 Å². The van der Waals surface area contributed by atoms with Crippen LogP contribution in [0, 0.1) is 6.92 Å². The monoisotopic (exact) mass is 389 g/mol. The quantitative estimate of drug-likeness (QED) is 0.407. The van der Waals surface area contributed by atoms with Gasteiger partial charge in [0.25, 0.3) is 0 Å². The van der Waals surface area contributed by atoms with Crippen molar-refractivity contribution in [2.75, 3.05) is 0 Å². The van der Waals surface area contributed by atoms with Crippen LogP contribution in [0.25, 0.3) is 0 Å². The van der Waals surface area contributed by atoms with E-state index in [9.17, 15) is 0 Å². The number of aliphatic imine (C=N–C) groups is 1. The van der Waals surface area contributed by atoms with E-state index in [1.54, 1.807) is 0 Å². The molecular weight excluding hydrogens is 361 g/mol. The van der Waals surface area contributed by atoms with E-state index in [-0.39, 0.29) is 5.54 Å². The first kappa shape index (κ1) is 20.3. The van der Waals surface area contributed by atoms with Crippen molar-refractivity contribution in [3.05, 3.63) is 89.5 Å². The summed E-state index contributed by atoms with van der Waals surface area (Å²) in [7, 11) is 0.515. The van der Waals surface area contributed by atoms with Crippen molar-refractivity contribution in [2.45, 2.75) is 39.8 Å². The van der Waals surface area contributed by atoms with Crippen LogP contribution >= 0.6 is 8.58 Å². The molecule has 1 unspecified atom stereocenters. The summed E-state index contributed by atoms with van der Waals surface area (Å²) >= 11 is 0. The van der Waals surface area contributed by atoms with Crippen molar-refractivity contribution >= 4 is 25.4 Å². The summed E-state index contributed by atoms with van der Waals surface area (Å²) in [6.45, 7) is 9.04. The van der Waals surface area contributed by atoms with Crippen molar-refractivity contribution in [1.82, 2.24) is 0 Å². The van der Waals surface area contributed by atoms with Crippen molar-refractivity contribution in [3.63, 3.8) is 0 Å². The molecule has 0 saturated carbocycles. The van der Waals surface area contributed by atoms with Gasteiger partial charge < -0.3 is 4.74 Å². The molecule has 3 aromatic carbocycles. The van der Waals surface area contributed by atoms with Crippen LogP contribution in [0.3, 0.4) is 0 Å². The predicted molar refractivity (Wildman–Crippen MR) is 123 cm³/mol. The molecule has 0 aromatic heterocycles. The maximum Gasteiger partial charge on any atom is 0.130 e. The Hall–Kier alpha value is -2.44. The van der Waals surface area contributed by atoms with Gasteiger partial charge in [0.2, 0.25) is 0 Å². The van der Waals surface area contributed by atoms with Crippen LogP contribution in [-0.2, 0) is 6.61 Å². The summed E-state index contributed by atoms with van der Waals surface area (Å²) in [4.78, 5) is 4.69. The number of rotatable bonds is 6. The zero-order chi connectivity index (χ0) is 20.0. The lowest BCUT2D eigenvalue weighted by molar-refractivity contribution is 0.307. The number of para-hydroxylation sites is 1. The second-order valence-electron chi connectivity index (χ2n) is 7.87. The Morgan fingerprint density at radius 2 is 1.54 bits per heavy atom. The van der Waals surface area contributed by atoms with Gasteiger partial charge in [-0.3, -0.25) is 4.99 Å². The van der Waals surface area contributed by atoms with Crippen molar-refractivity contribution in [2.24, 2.45) is 4.99 Å². The highest BCUT2D eigenvalue weighted by Gasteiger charge is 2.11. The van der Waals surface area contributed by atoms with E-state index in [1.165, 1.54) is 27.3 Å². The first-order valence-corrected chi connectivity index (χ1v) is 10.6. The lowest BCUT2D eigenvalue weighted by atomic mass is 10.1. The number of hydrogen-bond donors (Lipinski definition) is 0. The standard InChI is InChI=1S/C25H28NOP/c1-19-11-10-16-23(24(19)27-18-20-12-6-5-7-13-20)28-22-15-9-8-14-21(22)17-26-25(2,3)4/h5-17,28H,18H2,1-4H3. The summed E-state index contributed by atoms with van der Waals surface area (Å²) in [6.07, 6.45) is 2.00. The van der Waals surface area contributed by atoms with E-state index < -0.39 is 0 Å². The first-order valence-electron chi connectivity index (χ1n) is 9.60. The predicted octanol–water partition coefficient (Wildman–Crippen LogP) is 5.42. The average molecular weight is 389 g/mol. The molecule has 0 fully saturated rings. The van der Waals surface area contributed by atoms with Gasteiger partial charge in [0.1, 0.15) is 12.4 Å². The Morgan fingerprint density at radius 1 is 0.857 bits per heavy atom. The molecule has 144 valence electrons. The third kappa shape index (κ3) is 5.78. The summed E-state index contributed by atoms with van der Waals surface area (Å²) in [5.41, 5.74) is 3.44. The van der Waals surface area contributed by atoms with E-state index in [0.717, 1.165) is 5.75 Å². The number of benzene rings is 3. The average Bonchev–Trinajstić information content (AvgIpc) is 2.67. The summed E-state index contributed by atoms with van der Waals surface area (Å²) in [5, 5.41) is 2.51. The van der Waals surface area contributed by atoms with E-state index >= 15 is 0 Å². The molecular formula is C25H28NOP. The normalized spacial score (nSPS) is 12.1. The molecule has 0 radical (unpaired) electrons. The topological polar surface area (TPSA) is 21.6 Å². The highest BCUT2D eigenvalue weighted by molar-refractivity contribution is 7.56. The summed E-state index contributed by atoms with van der Waals surface area (Å²) in [6, 6.07) is 25.2. The minimum Gasteiger partial charge on any atom is -0.488 e. The number of ether oxygens (including phenoxy) is 1. The van der Waals surface area contributed by atoms with Gasteiger partial charge in [-0.1, -0.05) is 81.4 Å². The highest BCUT2D eigenvalue weighted by atomic mass is 31.1. The van der Waals surface area contributed by atoms with E-state index in [2.05, 4.69) is 82.3 Å². The highest BCUT2D eigenvalue weighted by Crippen LogP contribution is 2.25. The summed E-state index contributed by atoms with van der Waals surface area (Å²) < 4.78 is 6.25. The second kappa shape index (κ2) is 9.17. The molecule has 0 spiro atoms. The summed E-state index contributed by atoms with van der Waals surface area (Å²) in [5.74, 6) is 0.993. The molecule has 0 bridgehead atoms. The lowest BCUT2D eigenvalue weighted by Gasteiger charge is -2.16. The number of aryl methyl sites for hydroxylation is 1. The molecule has 0 amide bonds. The molecule has 1 atom stereocenters. The third-order valence-corrected chi connectivity index (χ3v) is 5.65. The second-order valence-corrected chi connectivity index (χ2v) is 9.19. The largest absolute Gasteiger partial charge is 0.488 e. The fourth-order valence-corrected chi connectivity index (χ4v) is 4.13.